The van der Waals surface area contributed by atoms with Gasteiger partial charge in [-0.2, -0.15) is 0 Å². The maximum Gasteiger partial charge on any atom is 0.310 e. The summed E-state index contributed by atoms with van der Waals surface area (Å²) in [5.41, 5.74) is 1.68. The number of fused-ring (bicyclic) bond motifs is 1. The Bertz CT molecular complexity index is 952. The Labute approximate surface area is 160 Å². The van der Waals surface area contributed by atoms with Gasteiger partial charge in [0.2, 0.25) is 0 Å². The predicted octanol–water partition coefficient (Wildman–Crippen LogP) is 3.81. The van der Waals surface area contributed by atoms with Gasteiger partial charge < -0.3 is 14.4 Å². The van der Waals surface area contributed by atoms with Gasteiger partial charge in [0.25, 0.3) is 0 Å². The molecule has 1 fully saturated rings. The monoisotopic (exact) mass is 386 g/mol. The fourth-order valence-electron chi connectivity index (χ4n) is 2.95. The zero-order valence-corrected chi connectivity index (χ0v) is 15.7. The highest BCUT2D eigenvalue weighted by Crippen LogP contribution is 2.32. The zero-order chi connectivity index (χ0) is 18.8. The second-order valence-corrected chi connectivity index (χ2v) is 7.39. The van der Waals surface area contributed by atoms with E-state index >= 15 is 0 Å². The van der Waals surface area contributed by atoms with E-state index in [1.165, 1.54) is 23.5 Å². The van der Waals surface area contributed by atoms with Crippen LogP contribution >= 0.6 is 11.3 Å². The molecule has 0 radical (unpaired) electrons. The van der Waals surface area contributed by atoms with Gasteiger partial charge in [0, 0.05) is 0 Å². The summed E-state index contributed by atoms with van der Waals surface area (Å²) in [5.74, 6) is 0.289. The van der Waals surface area contributed by atoms with Gasteiger partial charge >= 0.3 is 5.97 Å². The van der Waals surface area contributed by atoms with Crippen molar-refractivity contribution >= 4 is 32.7 Å². The number of hydrogen-bond acceptors (Lipinski definition) is 6. The van der Waals surface area contributed by atoms with E-state index in [0.717, 1.165) is 26.7 Å². The van der Waals surface area contributed by atoms with Crippen LogP contribution in [0.3, 0.4) is 0 Å². The molecule has 0 amide bonds. The number of anilines is 1. The zero-order valence-electron chi connectivity index (χ0n) is 14.9. The highest BCUT2D eigenvalue weighted by molar-refractivity contribution is 7.22. The Balaban J connectivity index is 1.28. The molecule has 1 aliphatic heterocycles. The number of halogens is 1. The van der Waals surface area contributed by atoms with E-state index in [2.05, 4.69) is 4.98 Å². The number of carbonyl (C=O) groups is 1. The molecule has 1 aliphatic rings. The molecule has 4 rings (SSSR count). The van der Waals surface area contributed by atoms with Crippen LogP contribution < -0.4 is 9.64 Å². The van der Waals surface area contributed by atoms with Crippen molar-refractivity contribution in [1.82, 2.24) is 4.98 Å². The highest BCUT2D eigenvalue weighted by Gasteiger charge is 2.32. The maximum absolute atomic E-state index is 13.3. The molecule has 27 heavy (non-hydrogen) atoms. The number of rotatable bonds is 6. The summed E-state index contributed by atoms with van der Waals surface area (Å²) < 4.78 is 25.0. The first-order chi connectivity index (χ1) is 13.1. The Kier molecular flexibility index (Phi) is 4.94. The van der Waals surface area contributed by atoms with Crippen LogP contribution in [0, 0.1) is 5.82 Å². The lowest BCUT2D eigenvalue weighted by molar-refractivity contribution is -0.149. The largest absolute Gasteiger partial charge is 0.494 e. The number of carbonyl (C=O) groups excluding carboxylic acids is 1. The molecule has 3 aromatic rings. The molecule has 2 aromatic carbocycles. The van der Waals surface area contributed by atoms with Crippen LogP contribution in [0.2, 0.25) is 0 Å². The van der Waals surface area contributed by atoms with Crippen LogP contribution in [0.1, 0.15) is 12.5 Å². The second kappa shape index (κ2) is 7.52. The summed E-state index contributed by atoms with van der Waals surface area (Å²) in [6, 6.07) is 12.0. The van der Waals surface area contributed by atoms with Crippen molar-refractivity contribution in [2.24, 2.45) is 0 Å². The number of ether oxygens (including phenoxy) is 2. The minimum Gasteiger partial charge on any atom is -0.494 e. The normalized spacial score (nSPS) is 14.2. The maximum atomic E-state index is 13.3. The van der Waals surface area contributed by atoms with E-state index in [1.54, 1.807) is 6.07 Å². The third kappa shape index (κ3) is 4.03. The SMILES string of the molecule is CCOc1ccc(CC(=O)OC2CN(c3nc4ccc(F)cc4s3)C2)cc1. The molecule has 5 nitrogen and oxygen atoms in total. The lowest BCUT2D eigenvalue weighted by Gasteiger charge is -2.38. The van der Waals surface area contributed by atoms with E-state index < -0.39 is 0 Å². The second-order valence-electron chi connectivity index (χ2n) is 6.38. The number of esters is 1. The molecular weight excluding hydrogens is 367 g/mol. The minimum atomic E-state index is -0.262. The van der Waals surface area contributed by atoms with Crippen molar-refractivity contribution in [2.75, 3.05) is 24.6 Å². The van der Waals surface area contributed by atoms with Gasteiger partial charge in [-0.05, 0) is 42.8 Å². The molecule has 0 aliphatic carbocycles. The van der Waals surface area contributed by atoms with Crippen molar-refractivity contribution in [3.8, 4) is 5.75 Å². The van der Waals surface area contributed by atoms with E-state index in [9.17, 15) is 9.18 Å². The highest BCUT2D eigenvalue weighted by atomic mass is 32.1. The summed E-state index contributed by atoms with van der Waals surface area (Å²) >= 11 is 1.45. The van der Waals surface area contributed by atoms with Gasteiger partial charge in [0.15, 0.2) is 5.13 Å². The number of thiazole rings is 1. The molecule has 0 saturated carbocycles. The molecule has 0 spiro atoms. The Morgan fingerprint density at radius 1 is 1.26 bits per heavy atom. The molecule has 0 atom stereocenters. The lowest BCUT2D eigenvalue weighted by Crippen LogP contribution is -2.53. The first-order valence-corrected chi connectivity index (χ1v) is 9.64. The molecule has 1 saturated heterocycles. The average molecular weight is 386 g/mol. The van der Waals surface area contributed by atoms with Crippen molar-refractivity contribution in [3.05, 3.63) is 53.8 Å². The number of hydrogen-bond donors (Lipinski definition) is 0. The van der Waals surface area contributed by atoms with Gasteiger partial charge in [0.1, 0.15) is 17.7 Å². The van der Waals surface area contributed by atoms with Crippen LogP contribution in [0.5, 0.6) is 5.75 Å². The number of benzene rings is 2. The Morgan fingerprint density at radius 2 is 2.04 bits per heavy atom. The van der Waals surface area contributed by atoms with Crippen LogP contribution in [-0.4, -0.2) is 36.8 Å². The van der Waals surface area contributed by atoms with Crippen molar-refractivity contribution in [1.29, 1.82) is 0 Å². The number of nitrogens with zero attached hydrogens (tertiary/aromatic N) is 2. The molecule has 1 aromatic heterocycles. The smallest absolute Gasteiger partial charge is 0.310 e. The Hall–Kier alpha value is -2.67. The van der Waals surface area contributed by atoms with E-state index in [4.69, 9.17) is 9.47 Å². The van der Waals surface area contributed by atoms with Gasteiger partial charge in [-0.3, -0.25) is 4.79 Å². The van der Waals surface area contributed by atoms with Crippen LogP contribution in [0.25, 0.3) is 10.2 Å². The van der Waals surface area contributed by atoms with E-state index in [-0.39, 0.29) is 24.3 Å². The molecule has 0 bridgehead atoms. The molecule has 7 heteroatoms. The standard InChI is InChI=1S/C20H19FN2O3S/c1-2-25-15-6-3-13(4-7-15)9-19(24)26-16-11-23(12-16)20-22-17-8-5-14(21)10-18(17)27-20/h3-8,10,16H,2,9,11-12H2,1H3. The molecular formula is C20H19FN2O3S. The molecule has 140 valence electrons. The molecule has 2 heterocycles. The topological polar surface area (TPSA) is 51.7 Å². The summed E-state index contributed by atoms with van der Waals surface area (Å²) in [4.78, 5) is 18.7. The fourth-order valence-corrected chi connectivity index (χ4v) is 3.96. The summed E-state index contributed by atoms with van der Waals surface area (Å²) in [5, 5.41) is 0.828. The predicted molar refractivity (Wildman–Crippen MR) is 103 cm³/mol. The third-order valence-corrected chi connectivity index (χ3v) is 5.42. The quantitative estimate of drug-likeness (QED) is 0.603. The third-order valence-electron chi connectivity index (χ3n) is 4.34. The van der Waals surface area contributed by atoms with Crippen molar-refractivity contribution in [2.45, 2.75) is 19.4 Å². The Morgan fingerprint density at radius 3 is 2.78 bits per heavy atom. The van der Waals surface area contributed by atoms with Crippen molar-refractivity contribution < 1.29 is 18.7 Å². The van der Waals surface area contributed by atoms with Gasteiger partial charge in [-0.25, -0.2) is 9.37 Å². The summed E-state index contributed by atoms with van der Waals surface area (Å²) in [7, 11) is 0. The summed E-state index contributed by atoms with van der Waals surface area (Å²) in [6.07, 6.45) is 0.104. The fraction of sp³-hybridized carbons (Fsp3) is 0.300. The number of aromatic nitrogens is 1. The van der Waals surface area contributed by atoms with Gasteiger partial charge in [-0.15, -0.1) is 0 Å². The van der Waals surface area contributed by atoms with Crippen LogP contribution in [0.4, 0.5) is 9.52 Å². The van der Waals surface area contributed by atoms with E-state index in [0.29, 0.717) is 19.7 Å². The first kappa shape index (κ1) is 17.7. The minimum absolute atomic E-state index is 0.135. The molecule has 0 N–H and O–H groups in total. The van der Waals surface area contributed by atoms with Crippen LogP contribution in [0.15, 0.2) is 42.5 Å². The molecule has 0 unspecified atom stereocenters. The first-order valence-electron chi connectivity index (χ1n) is 8.83. The van der Waals surface area contributed by atoms with Gasteiger partial charge in [-0.1, -0.05) is 23.5 Å². The lowest BCUT2D eigenvalue weighted by atomic mass is 10.1. The van der Waals surface area contributed by atoms with Crippen molar-refractivity contribution in [3.63, 3.8) is 0 Å². The van der Waals surface area contributed by atoms with Gasteiger partial charge in [0.05, 0.1) is 36.3 Å². The van der Waals surface area contributed by atoms with E-state index in [1.807, 2.05) is 36.1 Å². The summed E-state index contributed by atoms with van der Waals surface area (Å²) in [6.45, 7) is 3.76. The average Bonchev–Trinajstić information content (AvgIpc) is 3.02. The van der Waals surface area contributed by atoms with Crippen LogP contribution in [-0.2, 0) is 16.0 Å².